The van der Waals surface area contributed by atoms with Crippen LogP contribution in [-0.4, -0.2) is 30.5 Å². The van der Waals surface area contributed by atoms with Crippen LogP contribution in [0.15, 0.2) is 24.3 Å². The van der Waals surface area contributed by atoms with Crippen LogP contribution in [0, 0.1) is 5.92 Å². The summed E-state index contributed by atoms with van der Waals surface area (Å²) in [5.74, 6) is -0.693. The Morgan fingerprint density at radius 3 is 1.96 bits per heavy atom. The molecule has 0 unspecified atom stereocenters. The molecule has 1 aromatic carbocycles. The summed E-state index contributed by atoms with van der Waals surface area (Å²) in [6, 6.07) is 6.65. The summed E-state index contributed by atoms with van der Waals surface area (Å²) in [4.78, 5) is 24.4. The highest BCUT2D eigenvalue weighted by Gasteiger charge is 2.19. The van der Waals surface area contributed by atoms with E-state index in [-0.39, 0.29) is 17.0 Å². The van der Waals surface area contributed by atoms with Gasteiger partial charge in [0.1, 0.15) is 0 Å². The quantitative estimate of drug-likeness (QED) is 0.262. The van der Waals surface area contributed by atoms with Crippen LogP contribution in [0.1, 0.15) is 73.1 Å². The number of alkyl halides is 1. The van der Waals surface area contributed by atoms with Gasteiger partial charge in [-0.1, -0.05) is 67.6 Å². The van der Waals surface area contributed by atoms with Crippen molar-refractivity contribution in [1.82, 2.24) is 0 Å². The van der Waals surface area contributed by atoms with Crippen LogP contribution in [0.5, 0.6) is 0 Å². The monoisotopic (exact) mass is 412 g/mol. The lowest BCUT2D eigenvalue weighted by Gasteiger charge is -2.11. The molecule has 0 amide bonds. The van der Waals surface area contributed by atoms with Crippen molar-refractivity contribution >= 4 is 27.9 Å². The minimum absolute atomic E-state index is 0.248. The van der Waals surface area contributed by atoms with E-state index in [2.05, 4.69) is 15.9 Å². The highest BCUT2D eigenvalue weighted by molar-refractivity contribution is 9.09. The van der Waals surface area contributed by atoms with Crippen molar-refractivity contribution in [1.29, 1.82) is 0 Å². The smallest absolute Gasteiger partial charge is 0.339 e. The predicted octanol–water partition coefficient (Wildman–Crippen LogP) is 5.39. The molecule has 0 aliphatic heterocycles. The van der Waals surface area contributed by atoms with E-state index in [1.807, 2.05) is 13.8 Å². The molecule has 0 N–H and O–H groups in total. The Balaban J connectivity index is 2.41. The number of hydrogen-bond acceptors (Lipinski definition) is 4. The van der Waals surface area contributed by atoms with Gasteiger partial charge in [0.15, 0.2) is 0 Å². The molecule has 1 rings (SSSR count). The second-order valence-electron chi connectivity index (χ2n) is 6.48. The highest BCUT2D eigenvalue weighted by Crippen LogP contribution is 2.13. The molecule has 0 saturated carbocycles. The van der Waals surface area contributed by atoms with Gasteiger partial charge in [0.2, 0.25) is 0 Å². The fraction of sp³-hybridized carbons (Fsp3) is 0.600. The maximum absolute atomic E-state index is 12.2. The molecule has 140 valence electrons. The minimum Gasteiger partial charge on any atom is -0.462 e. The Kier molecular flexibility index (Phi) is 11.2. The maximum Gasteiger partial charge on any atom is 0.339 e. The first-order valence-electron chi connectivity index (χ1n) is 9.05. The van der Waals surface area contributed by atoms with Gasteiger partial charge in [0.05, 0.1) is 24.3 Å². The molecule has 0 aliphatic rings. The van der Waals surface area contributed by atoms with E-state index >= 15 is 0 Å². The van der Waals surface area contributed by atoms with Crippen LogP contribution in [0.4, 0.5) is 0 Å². The highest BCUT2D eigenvalue weighted by atomic mass is 79.9. The zero-order valence-electron chi connectivity index (χ0n) is 15.3. The second-order valence-corrected chi connectivity index (χ2v) is 7.28. The van der Waals surface area contributed by atoms with E-state index in [1.165, 1.54) is 19.3 Å². The van der Waals surface area contributed by atoms with E-state index in [4.69, 9.17) is 9.47 Å². The lowest BCUT2D eigenvalue weighted by atomic mass is 10.1. The van der Waals surface area contributed by atoms with E-state index in [1.54, 1.807) is 24.3 Å². The topological polar surface area (TPSA) is 52.6 Å². The summed E-state index contributed by atoms with van der Waals surface area (Å²) >= 11 is 3.42. The van der Waals surface area contributed by atoms with Gasteiger partial charge in [0.25, 0.3) is 0 Å². The maximum atomic E-state index is 12.2. The molecule has 0 radical (unpaired) electrons. The summed E-state index contributed by atoms with van der Waals surface area (Å²) in [7, 11) is 0. The molecule has 0 fully saturated rings. The van der Waals surface area contributed by atoms with Crippen LogP contribution in [0.3, 0.4) is 0 Å². The number of carbonyl (C=O) groups is 2. The van der Waals surface area contributed by atoms with Crippen LogP contribution in [0.2, 0.25) is 0 Å². The van der Waals surface area contributed by atoms with Crippen LogP contribution in [0.25, 0.3) is 0 Å². The average Bonchev–Trinajstić information content (AvgIpc) is 2.61. The van der Waals surface area contributed by atoms with Crippen molar-refractivity contribution < 1.29 is 19.1 Å². The third kappa shape index (κ3) is 9.05. The third-order valence-corrected chi connectivity index (χ3v) is 4.24. The normalized spacial score (nSPS) is 10.7. The van der Waals surface area contributed by atoms with Crippen molar-refractivity contribution in [2.75, 3.05) is 18.5 Å². The number of ether oxygens (including phenoxy) is 2. The Labute approximate surface area is 159 Å². The van der Waals surface area contributed by atoms with Gasteiger partial charge < -0.3 is 9.47 Å². The molecule has 0 aromatic heterocycles. The Morgan fingerprint density at radius 2 is 1.40 bits per heavy atom. The summed E-state index contributed by atoms with van der Waals surface area (Å²) < 4.78 is 10.5. The van der Waals surface area contributed by atoms with Crippen molar-refractivity contribution in [3.8, 4) is 0 Å². The zero-order valence-corrected chi connectivity index (χ0v) is 16.8. The lowest BCUT2D eigenvalue weighted by Crippen LogP contribution is -2.16. The molecule has 25 heavy (non-hydrogen) atoms. The SMILES string of the molecule is CC(C)COC(=O)c1ccccc1C(=O)OCCCCCCCCBr. The van der Waals surface area contributed by atoms with Gasteiger partial charge in [-0.05, 0) is 30.9 Å². The number of halogens is 1. The third-order valence-electron chi connectivity index (χ3n) is 3.68. The Morgan fingerprint density at radius 1 is 0.880 bits per heavy atom. The van der Waals surface area contributed by atoms with E-state index in [0.29, 0.717) is 13.2 Å². The predicted molar refractivity (Wildman–Crippen MR) is 103 cm³/mol. The molecule has 0 bridgehead atoms. The number of benzene rings is 1. The standard InChI is InChI=1S/C20H29BrO4/c1-16(2)15-25-20(23)18-12-8-7-11-17(18)19(22)24-14-10-6-4-3-5-9-13-21/h7-8,11-12,16H,3-6,9-10,13-15H2,1-2H3. The van der Waals surface area contributed by atoms with Gasteiger partial charge in [-0.25, -0.2) is 9.59 Å². The molecule has 0 atom stereocenters. The minimum atomic E-state index is -0.479. The van der Waals surface area contributed by atoms with Gasteiger partial charge in [-0.15, -0.1) is 0 Å². The van der Waals surface area contributed by atoms with Crippen molar-refractivity contribution in [2.24, 2.45) is 5.92 Å². The molecular weight excluding hydrogens is 384 g/mol. The Bertz CT molecular complexity index is 528. The first kappa shape index (κ1) is 21.7. The fourth-order valence-electron chi connectivity index (χ4n) is 2.31. The molecule has 5 heteroatoms. The number of esters is 2. The summed E-state index contributed by atoms with van der Waals surface area (Å²) in [5, 5.41) is 1.06. The zero-order chi connectivity index (χ0) is 18.5. The molecule has 0 heterocycles. The molecule has 4 nitrogen and oxygen atoms in total. The first-order chi connectivity index (χ1) is 12.1. The summed E-state index contributed by atoms with van der Waals surface area (Å²) in [5.41, 5.74) is 0.538. The van der Waals surface area contributed by atoms with E-state index < -0.39 is 11.9 Å². The molecule has 0 saturated heterocycles. The Hall–Kier alpha value is -1.36. The fourth-order valence-corrected chi connectivity index (χ4v) is 2.70. The number of rotatable bonds is 12. The second kappa shape index (κ2) is 12.9. The van der Waals surface area contributed by atoms with Crippen LogP contribution in [-0.2, 0) is 9.47 Å². The largest absolute Gasteiger partial charge is 0.462 e. The van der Waals surface area contributed by atoms with Gasteiger partial charge in [-0.3, -0.25) is 0 Å². The molecule has 1 aromatic rings. The summed E-state index contributed by atoms with van der Waals surface area (Å²) in [6.07, 6.45) is 6.70. The molecule has 0 aliphatic carbocycles. The number of carbonyl (C=O) groups excluding carboxylic acids is 2. The van der Waals surface area contributed by atoms with Crippen LogP contribution >= 0.6 is 15.9 Å². The van der Waals surface area contributed by atoms with Gasteiger partial charge in [-0.2, -0.15) is 0 Å². The van der Waals surface area contributed by atoms with Gasteiger partial charge >= 0.3 is 11.9 Å². The molecule has 0 spiro atoms. The van der Waals surface area contributed by atoms with E-state index in [0.717, 1.165) is 24.6 Å². The molecular formula is C20H29BrO4. The first-order valence-corrected chi connectivity index (χ1v) is 10.2. The van der Waals surface area contributed by atoms with Crippen molar-refractivity contribution in [3.05, 3.63) is 35.4 Å². The van der Waals surface area contributed by atoms with E-state index in [9.17, 15) is 9.59 Å². The lowest BCUT2D eigenvalue weighted by molar-refractivity contribution is 0.0427. The average molecular weight is 413 g/mol. The van der Waals surface area contributed by atoms with Crippen molar-refractivity contribution in [2.45, 2.75) is 52.4 Å². The van der Waals surface area contributed by atoms with Gasteiger partial charge in [0, 0.05) is 5.33 Å². The van der Waals surface area contributed by atoms with Crippen LogP contribution < -0.4 is 0 Å². The number of unbranched alkanes of at least 4 members (excludes halogenated alkanes) is 5. The van der Waals surface area contributed by atoms with Crippen molar-refractivity contribution in [3.63, 3.8) is 0 Å². The summed E-state index contributed by atoms with van der Waals surface area (Å²) in [6.45, 7) is 4.64. The number of hydrogen-bond donors (Lipinski definition) is 0.